The van der Waals surface area contributed by atoms with E-state index in [9.17, 15) is 4.79 Å². The van der Waals surface area contributed by atoms with Gasteiger partial charge in [-0.1, -0.05) is 43.3 Å². The maximum atomic E-state index is 11.8. The molecule has 15 heavy (non-hydrogen) atoms. The molecule has 0 saturated heterocycles. The topological polar surface area (TPSA) is 20.3 Å². The van der Waals surface area contributed by atoms with Crippen molar-refractivity contribution >= 4 is 5.91 Å². The van der Waals surface area contributed by atoms with Crippen LogP contribution >= 0.6 is 0 Å². The number of benzene rings is 1. The number of rotatable bonds is 1. The molecule has 0 aliphatic carbocycles. The minimum atomic E-state index is 0.0300. The Labute approximate surface area is 90.2 Å². The second kappa shape index (κ2) is 3.89. The lowest BCUT2D eigenvalue weighted by molar-refractivity contribution is -0.132. The molecule has 0 saturated carbocycles. The SMILES string of the molecule is CC1C(=O)N(C)C=CC1c1ccccc1. The molecule has 0 spiro atoms. The summed E-state index contributed by atoms with van der Waals surface area (Å²) in [5.41, 5.74) is 1.21. The Morgan fingerprint density at radius 2 is 1.87 bits per heavy atom. The minimum Gasteiger partial charge on any atom is -0.322 e. The maximum Gasteiger partial charge on any atom is 0.230 e. The predicted octanol–water partition coefficient (Wildman–Crippen LogP) is 2.39. The number of nitrogens with zero attached hydrogens (tertiary/aromatic N) is 1. The van der Waals surface area contributed by atoms with E-state index in [2.05, 4.69) is 18.2 Å². The summed E-state index contributed by atoms with van der Waals surface area (Å²) < 4.78 is 0. The largest absolute Gasteiger partial charge is 0.322 e. The van der Waals surface area contributed by atoms with Crippen LogP contribution in [0.15, 0.2) is 42.6 Å². The number of allylic oxidation sites excluding steroid dienone is 1. The summed E-state index contributed by atoms with van der Waals surface area (Å²) in [6.45, 7) is 1.99. The highest BCUT2D eigenvalue weighted by atomic mass is 16.2. The summed E-state index contributed by atoms with van der Waals surface area (Å²) in [4.78, 5) is 13.4. The maximum absolute atomic E-state index is 11.8. The third kappa shape index (κ3) is 1.80. The Hall–Kier alpha value is -1.57. The van der Waals surface area contributed by atoms with Crippen molar-refractivity contribution in [2.45, 2.75) is 12.8 Å². The molecule has 0 N–H and O–H groups in total. The Morgan fingerprint density at radius 3 is 2.53 bits per heavy atom. The van der Waals surface area contributed by atoms with Gasteiger partial charge in [-0.25, -0.2) is 0 Å². The van der Waals surface area contributed by atoms with Gasteiger partial charge in [0.15, 0.2) is 0 Å². The third-order valence-electron chi connectivity index (χ3n) is 2.98. The van der Waals surface area contributed by atoms with Gasteiger partial charge >= 0.3 is 0 Å². The van der Waals surface area contributed by atoms with Gasteiger partial charge in [0.25, 0.3) is 0 Å². The van der Waals surface area contributed by atoms with Crippen LogP contribution in [0.3, 0.4) is 0 Å². The second-order valence-corrected chi connectivity index (χ2v) is 4.02. The number of carbonyl (C=O) groups is 1. The summed E-state index contributed by atoms with van der Waals surface area (Å²) in [5.74, 6) is 0.434. The first-order valence-electron chi connectivity index (χ1n) is 5.20. The second-order valence-electron chi connectivity index (χ2n) is 4.02. The molecule has 2 atom stereocenters. The van der Waals surface area contributed by atoms with Gasteiger partial charge in [-0.05, 0) is 5.56 Å². The Kier molecular flexibility index (Phi) is 2.58. The van der Waals surface area contributed by atoms with Gasteiger partial charge in [-0.2, -0.15) is 0 Å². The molecular formula is C13H15NO. The molecule has 2 rings (SSSR count). The molecule has 0 bridgehead atoms. The predicted molar refractivity (Wildman–Crippen MR) is 60.3 cm³/mol. The van der Waals surface area contributed by atoms with Gasteiger partial charge in [0.05, 0.1) is 0 Å². The van der Waals surface area contributed by atoms with Crippen LogP contribution < -0.4 is 0 Å². The smallest absolute Gasteiger partial charge is 0.230 e. The molecule has 1 aromatic carbocycles. The van der Waals surface area contributed by atoms with E-state index in [-0.39, 0.29) is 17.7 Å². The highest BCUT2D eigenvalue weighted by Gasteiger charge is 2.28. The molecule has 1 heterocycles. The highest BCUT2D eigenvalue weighted by molar-refractivity contribution is 5.81. The van der Waals surface area contributed by atoms with Gasteiger partial charge in [0.2, 0.25) is 5.91 Å². The number of hydrogen-bond acceptors (Lipinski definition) is 1. The van der Waals surface area contributed by atoms with Crippen LogP contribution in [0.5, 0.6) is 0 Å². The van der Waals surface area contributed by atoms with Crippen molar-refractivity contribution in [2.24, 2.45) is 5.92 Å². The van der Waals surface area contributed by atoms with Crippen LogP contribution in [0, 0.1) is 5.92 Å². The number of amides is 1. The van der Waals surface area contributed by atoms with Gasteiger partial charge in [0, 0.05) is 25.1 Å². The molecular weight excluding hydrogens is 186 g/mol. The number of hydrogen-bond donors (Lipinski definition) is 0. The van der Waals surface area contributed by atoms with Crippen LogP contribution in [-0.2, 0) is 4.79 Å². The summed E-state index contributed by atoms with van der Waals surface area (Å²) in [6.07, 6.45) is 3.96. The lowest BCUT2D eigenvalue weighted by atomic mass is 9.84. The molecule has 1 aromatic rings. The van der Waals surface area contributed by atoms with Gasteiger partial charge < -0.3 is 4.90 Å². The Morgan fingerprint density at radius 1 is 1.20 bits per heavy atom. The molecule has 0 fully saturated rings. The fourth-order valence-electron chi connectivity index (χ4n) is 2.01. The molecule has 78 valence electrons. The first kappa shape index (κ1) is 9.97. The average molecular weight is 201 g/mol. The monoisotopic (exact) mass is 201 g/mol. The fraction of sp³-hybridized carbons (Fsp3) is 0.308. The minimum absolute atomic E-state index is 0.0300. The van der Waals surface area contributed by atoms with E-state index in [0.29, 0.717) is 0 Å². The molecule has 0 radical (unpaired) electrons. The average Bonchev–Trinajstić information content (AvgIpc) is 2.27. The first-order valence-corrected chi connectivity index (χ1v) is 5.20. The summed E-state index contributed by atoms with van der Waals surface area (Å²) in [5, 5.41) is 0. The van der Waals surface area contributed by atoms with E-state index in [1.165, 1.54) is 5.56 Å². The van der Waals surface area contributed by atoms with Crippen molar-refractivity contribution < 1.29 is 4.79 Å². The zero-order chi connectivity index (χ0) is 10.8. The van der Waals surface area contributed by atoms with Gasteiger partial charge in [0.1, 0.15) is 0 Å². The van der Waals surface area contributed by atoms with Crippen molar-refractivity contribution in [3.8, 4) is 0 Å². The van der Waals surface area contributed by atoms with Crippen molar-refractivity contribution in [3.05, 3.63) is 48.2 Å². The van der Waals surface area contributed by atoms with E-state index >= 15 is 0 Å². The van der Waals surface area contributed by atoms with Crippen molar-refractivity contribution in [3.63, 3.8) is 0 Å². The quantitative estimate of drug-likeness (QED) is 0.683. The van der Waals surface area contributed by atoms with E-state index in [1.807, 2.05) is 31.3 Å². The first-order chi connectivity index (χ1) is 7.20. The molecule has 2 nitrogen and oxygen atoms in total. The van der Waals surface area contributed by atoms with Crippen molar-refractivity contribution in [2.75, 3.05) is 7.05 Å². The zero-order valence-electron chi connectivity index (χ0n) is 9.05. The lowest BCUT2D eigenvalue weighted by Gasteiger charge is -2.28. The van der Waals surface area contributed by atoms with Crippen LogP contribution in [0.25, 0.3) is 0 Å². The number of carbonyl (C=O) groups excluding carboxylic acids is 1. The Bertz CT molecular complexity index is 383. The standard InChI is InChI=1S/C13H15NO/c1-10-12(8-9-14(2)13(10)15)11-6-4-3-5-7-11/h3-10,12H,1-2H3. The summed E-state index contributed by atoms with van der Waals surface area (Å²) in [7, 11) is 1.80. The molecule has 1 aliphatic heterocycles. The van der Waals surface area contributed by atoms with Crippen molar-refractivity contribution in [1.82, 2.24) is 4.90 Å². The third-order valence-corrected chi connectivity index (χ3v) is 2.98. The van der Waals surface area contributed by atoms with E-state index in [0.717, 1.165) is 0 Å². The van der Waals surface area contributed by atoms with Crippen LogP contribution in [0.2, 0.25) is 0 Å². The molecule has 1 amide bonds. The summed E-state index contributed by atoms with van der Waals surface area (Å²) in [6, 6.07) is 10.2. The Balaban J connectivity index is 2.32. The summed E-state index contributed by atoms with van der Waals surface area (Å²) >= 11 is 0. The molecule has 2 unspecified atom stereocenters. The van der Waals surface area contributed by atoms with Gasteiger partial charge in [-0.15, -0.1) is 0 Å². The molecule has 2 heteroatoms. The van der Waals surface area contributed by atoms with Crippen LogP contribution in [0.4, 0.5) is 0 Å². The van der Waals surface area contributed by atoms with E-state index in [4.69, 9.17) is 0 Å². The van der Waals surface area contributed by atoms with E-state index < -0.39 is 0 Å². The molecule has 0 aromatic heterocycles. The van der Waals surface area contributed by atoms with Crippen LogP contribution in [-0.4, -0.2) is 17.9 Å². The van der Waals surface area contributed by atoms with Gasteiger partial charge in [-0.3, -0.25) is 4.79 Å². The normalized spacial score (nSPS) is 25.7. The van der Waals surface area contributed by atoms with Crippen molar-refractivity contribution in [1.29, 1.82) is 0 Å². The lowest BCUT2D eigenvalue weighted by Crippen LogP contribution is -2.34. The van der Waals surface area contributed by atoms with Crippen LogP contribution in [0.1, 0.15) is 18.4 Å². The highest BCUT2D eigenvalue weighted by Crippen LogP contribution is 2.30. The molecule has 1 aliphatic rings. The fourth-order valence-corrected chi connectivity index (χ4v) is 2.01. The van der Waals surface area contributed by atoms with E-state index in [1.54, 1.807) is 11.9 Å². The zero-order valence-corrected chi connectivity index (χ0v) is 9.05.